The Balaban J connectivity index is 2.28. The van der Waals surface area contributed by atoms with Crippen LogP contribution in [0.2, 0.25) is 0 Å². The Bertz CT molecular complexity index is 586. The number of imidazole rings is 1. The van der Waals surface area contributed by atoms with Gasteiger partial charge in [0.1, 0.15) is 0 Å². The fourth-order valence-electron chi connectivity index (χ4n) is 1.55. The molecular weight excluding hydrogens is 188 g/mol. The molecule has 0 N–H and O–H groups in total. The third kappa shape index (κ3) is 1.27. The van der Waals surface area contributed by atoms with Crippen LogP contribution in [0.5, 0.6) is 0 Å². The first kappa shape index (κ1) is 8.11. The highest BCUT2D eigenvalue weighted by Crippen LogP contribution is 2.16. The molecule has 72 valence electrons. The summed E-state index contributed by atoms with van der Waals surface area (Å²) in [5.74, 6) is 0. The maximum Gasteiger partial charge on any atom is 0.155 e. The molecule has 0 spiro atoms. The lowest BCUT2D eigenvalue weighted by Crippen LogP contribution is -1.89. The van der Waals surface area contributed by atoms with Crippen LogP contribution in [0.4, 0.5) is 0 Å². The summed E-state index contributed by atoms with van der Waals surface area (Å²) in [5.41, 5.74) is 2.72. The molecule has 3 heterocycles. The van der Waals surface area contributed by atoms with E-state index >= 15 is 0 Å². The van der Waals surface area contributed by atoms with E-state index in [2.05, 4.69) is 15.0 Å². The van der Waals surface area contributed by atoms with Gasteiger partial charge >= 0.3 is 0 Å². The van der Waals surface area contributed by atoms with Crippen LogP contribution in [0.25, 0.3) is 17.0 Å². The highest BCUT2D eigenvalue weighted by molar-refractivity contribution is 5.58. The number of rotatable bonds is 1. The molecule has 4 heteroatoms. The summed E-state index contributed by atoms with van der Waals surface area (Å²) < 4.78 is 1.97. The lowest BCUT2D eigenvalue weighted by atomic mass is 10.3. The first-order valence-corrected chi connectivity index (χ1v) is 4.63. The molecule has 3 aromatic heterocycles. The van der Waals surface area contributed by atoms with Gasteiger partial charge in [0.2, 0.25) is 0 Å². The number of fused-ring (bicyclic) bond motifs is 1. The van der Waals surface area contributed by atoms with Crippen LogP contribution < -0.4 is 0 Å². The Morgan fingerprint density at radius 1 is 1.00 bits per heavy atom. The van der Waals surface area contributed by atoms with Crippen LogP contribution in [-0.2, 0) is 0 Å². The van der Waals surface area contributed by atoms with Gasteiger partial charge in [-0.05, 0) is 12.1 Å². The first-order chi connectivity index (χ1) is 7.45. The van der Waals surface area contributed by atoms with Gasteiger partial charge in [-0.3, -0.25) is 14.4 Å². The number of hydrogen-bond acceptors (Lipinski definition) is 3. The average Bonchev–Trinajstić information content (AvgIpc) is 2.74. The van der Waals surface area contributed by atoms with Crippen molar-refractivity contribution in [3.05, 3.63) is 49.2 Å². The molecule has 0 unspecified atom stereocenters. The summed E-state index contributed by atoms with van der Waals surface area (Å²) in [5, 5.41) is 0. The van der Waals surface area contributed by atoms with E-state index in [1.165, 1.54) is 0 Å². The predicted octanol–water partition coefficient (Wildman–Crippen LogP) is 1.79. The highest BCUT2D eigenvalue weighted by Gasteiger charge is 2.04. The molecule has 0 aromatic carbocycles. The van der Waals surface area contributed by atoms with Gasteiger partial charge in [0.15, 0.2) is 5.65 Å². The molecule has 3 rings (SSSR count). The van der Waals surface area contributed by atoms with Gasteiger partial charge in [-0.1, -0.05) is 6.07 Å². The Morgan fingerprint density at radius 2 is 2.00 bits per heavy atom. The highest BCUT2D eigenvalue weighted by atomic mass is 15.0. The van der Waals surface area contributed by atoms with Gasteiger partial charge < -0.3 is 0 Å². The largest absolute Gasteiger partial charge is 0.295 e. The number of hydrogen-bond donors (Lipinski definition) is 0. The predicted molar refractivity (Wildman–Crippen MR) is 56.2 cm³/mol. The summed E-state index contributed by atoms with van der Waals surface area (Å²) in [6.07, 6.45) is 8.93. The Hall–Kier alpha value is -2.23. The second kappa shape index (κ2) is 3.16. The molecule has 0 atom stereocenters. The molecule has 3 aromatic rings. The summed E-state index contributed by atoms with van der Waals surface area (Å²) in [7, 11) is 0. The zero-order chi connectivity index (χ0) is 10.1. The minimum atomic E-state index is 0.832. The number of pyridine rings is 1. The summed E-state index contributed by atoms with van der Waals surface area (Å²) in [6.45, 7) is 0. The first-order valence-electron chi connectivity index (χ1n) is 4.63. The van der Waals surface area contributed by atoms with Gasteiger partial charge in [-0.25, -0.2) is 4.98 Å². The zero-order valence-electron chi connectivity index (χ0n) is 7.91. The standard InChI is InChI=1S/C11H8N4/c1-2-4-13-9(3-1)10-7-14-11-8-12-5-6-15(10)11/h1-8H. The van der Waals surface area contributed by atoms with E-state index in [1.54, 1.807) is 24.8 Å². The molecule has 0 amide bonds. The van der Waals surface area contributed by atoms with E-state index < -0.39 is 0 Å². The topological polar surface area (TPSA) is 43.1 Å². The van der Waals surface area contributed by atoms with Gasteiger partial charge in [0, 0.05) is 18.6 Å². The minimum Gasteiger partial charge on any atom is -0.295 e. The van der Waals surface area contributed by atoms with Crippen molar-refractivity contribution in [3.8, 4) is 11.4 Å². The van der Waals surface area contributed by atoms with E-state index in [9.17, 15) is 0 Å². The van der Waals surface area contributed by atoms with E-state index in [1.807, 2.05) is 28.8 Å². The summed E-state index contributed by atoms with van der Waals surface area (Å²) in [4.78, 5) is 12.6. The number of nitrogens with zero attached hydrogens (tertiary/aromatic N) is 4. The maximum atomic E-state index is 4.29. The zero-order valence-corrected chi connectivity index (χ0v) is 7.91. The van der Waals surface area contributed by atoms with E-state index in [0.29, 0.717) is 0 Å². The molecule has 15 heavy (non-hydrogen) atoms. The van der Waals surface area contributed by atoms with Crippen molar-refractivity contribution in [1.82, 2.24) is 19.4 Å². The third-order valence-electron chi connectivity index (χ3n) is 2.24. The van der Waals surface area contributed by atoms with Crippen LogP contribution in [0, 0.1) is 0 Å². The van der Waals surface area contributed by atoms with Gasteiger partial charge in [0.05, 0.1) is 23.8 Å². The Kier molecular flexibility index (Phi) is 1.71. The fourth-order valence-corrected chi connectivity index (χ4v) is 1.55. The second-order valence-corrected chi connectivity index (χ2v) is 3.16. The van der Waals surface area contributed by atoms with Crippen LogP contribution in [0.3, 0.4) is 0 Å². The van der Waals surface area contributed by atoms with Crippen LogP contribution in [0.15, 0.2) is 49.2 Å². The van der Waals surface area contributed by atoms with E-state index in [-0.39, 0.29) is 0 Å². The minimum absolute atomic E-state index is 0.832. The SMILES string of the molecule is c1ccc(-c2cnc3cnccn23)nc1. The monoisotopic (exact) mass is 196 g/mol. The van der Waals surface area contributed by atoms with Crippen molar-refractivity contribution in [2.75, 3.05) is 0 Å². The van der Waals surface area contributed by atoms with Crippen molar-refractivity contribution in [3.63, 3.8) is 0 Å². The molecular formula is C11H8N4. The van der Waals surface area contributed by atoms with Gasteiger partial charge in [0.25, 0.3) is 0 Å². The molecule has 0 fully saturated rings. The van der Waals surface area contributed by atoms with Crippen molar-refractivity contribution < 1.29 is 0 Å². The van der Waals surface area contributed by atoms with Crippen molar-refractivity contribution in [2.45, 2.75) is 0 Å². The molecule has 0 aliphatic heterocycles. The number of aromatic nitrogens is 4. The Labute approximate surface area is 86.3 Å². The quantitative estimate of drug-likeness (QED) is 0.596. The lowest BCUT2D eigenvalue weighted by molar-refractivity contribution is 1.12. The van der Waals surface area contributed by atoms with Crippen LogP contribution >= 0.6 is 0 Å². The summed E-state index contributed by atoms with van der Waals surface area (Å²) in [6, 6.07) is 5.82. The normalized spacial score (nSPS) is 10.7. The second-order valence-electron chi connectivity index (χ2n) is 3.16. The Morgan fingerprint density at radius 3 is 2.87 bits per heavy atom. The molecule has 0 aliphatic carbocycles. The summed E-state index contributed by atoms with van der Waals surface area (Å²) >= 11 is 0. The molecule has 4 nitrogen and oxygen atoms in total. The van der Waals surface area contributed by atoms with E-state index in [4.69, 9.17) is 0 Å². The van der Waals surface area contributed by atoms with E-state index in [0.717, 1.165) is 17.0 Å². The van der Waals surface area contributed by atoms with Gasteiger partial charge in [-0.15, -0.1) is 0 Å². The molecule has 0 saturated heterocycles. The van der Waals surface area contributed by atoms with Crippen molar-refractivity contribution in [2.24, 2.45) is 0 Å². The smallest absolute Gasteiger partial charge is 0.155 e. The van der Waals surface area contributed by atoms with Crippen LogP contribution in [-0.4, -0.2) is 19.4 Å². The average molecular weight is 196 g/mol. The van der Waals surface area contributed by atoms with Gasteiger partial charge in [-0.2, -0.15) is 0 Å². The molecule has 0 bridgehead atoms. The van der Waals surface area contributed by atoms with Crippen LogP contribution in [0.1, 0.15) is 0 Å². The van der Waals surface area contributed by atoms with Crippen molar-refractivity contribution >= 4 is 5.65 Å². The molecule has 0 saturated carbocycles. The molecule has 0 radical (unpaired) electrons. The maximum absolute atomic E-state index is 4.29. The third-order valence-corrected chi connectivity index (χ3v) is 2.24. The molecule has 0 aliphatic rings. The lowest BCUT2D eigenvalue weighted by Gasteiger charge is -1.99. The fraction of sp³-hybridized carbons (Fsp3) is 0. The van der Waals surface area contributed by atoms with Crippen molar-refractivity contribution in [1.29, 1.82) is 0 Å².